The molecule has 0 bridgehead atoms. The molecule has 6 heteroatoms. The number of piperidine rings is 1. The number of likely N-dealkylation sites (tertiary alicyclic amines) is 1. The zero-order valence-corrected chi connectivity index (χ0v) is 12.6. The minimum absolute atomic E-state index is 0.267. The van der Waals surface area contributed by atoms with Crippen molar-refractivity contribution >= 4 is 11.9 Å². The Morgan fingerprint density at radius 2 is 1.91 bits per heavy atom. The van der Waals surface area contributed by atoms with E-state index in [0.29, 0.717) is 18.9 Å². The zero-order chi connectivity index (χ0) is 15.7. The first kappa shape index (κ1) is 14.4. The number of para-hydroxylation sites is 1. The summed E-state index contributed by atoms with van der Waals surface area (Å²) in [6.07, 6.45) is 0.737. The van der Waals surface area contributed by atoms with Crippen molar-refractivity contribution in [2.24, 2.45) is 0 Å². The summed E-state index contributed by atoms with van der Waals surface area (Å²) >= 11 is 0. The highest BCUT2D eigenvalue weighted by Crippen LogP contribution is 2.32. The molecule has 3 rings (SSSR count). The van der Waals surface area contributed by atoms with E-state index < -0.39 is 6.09 Å². The maximum absolute atomic E-state index is 11.0. The van der Waals surface area contributed by atoms with E-state index in [1.807, 2.05) is 37.3 Å². The molecule has 0 unspecified atom stereocenters. The molecule has 22 heavy (non-hydrogen) atoms. The van der Waals surface area contributed by atoms with Gasteiger partial charge < -0.3 is 15.7 Å². The second kappa shape index (κ2) is 5.71. The Bertz CT molecular complexity index is 673. The summed E-state index contributed by atoms with van der Waals surface area (Å²) in [7, 11) is 0. The number of hydrogen-bond donors (Lipinski definition) is 2. The van der Waals surface area contributed by atoms with Crippen LogP contribution in [0.25, 0.3) is 5.69 Å². The Balaban J connectivity index is 1.86. The molecule has 0 aliphatic carbocycles. The lowest BCUT2D eigenvalue weighted by Gasteiger charge is -2.29. The topological polar surface area (TPSA) is 84.4 Å². The molecule has 0 saturated carbocycles. The van der Waals surface area contributed by atoms with Gasteiger partial charge in [0.1, 0.15) is 5.82 Å². The third-order valence-corrected chi connectivity index (χ3v) is 4.36. The Morgan fingerprint density at radius 1 is 1.27 bits per heavy atom. The van der Waals surface area contributed by atoms with Crippen molar-refractivity contribution < 1.29 is 9.90 Å². The summed E-state index contributed by atoms with van der Waals surface area (Å²) in [5.41, 5.74) is 9.15. The molecule has 1 aliphatic heterocycles. The maximum Gasteiger partial charge on any atom is 0.407 e. The van der Waals surface area contributed by atoms with Crippen molar-refractivity contribution in [3.63, 3.8) is 0 Å². The van der Waals surface area contributed by atoms with Crippen LogP contribution in [0.3, 0.4) is 0 Å². The van der Waals surface area contributed by atoms with Gasteiger partial charge in [-0.05, 0) is 31.9 Å². The van der Waals surface area contributed by atoms with E-state index in [9.17, 15) is 4.79 Å². The first-order valence-electron chi connectivity index (χ1n) is 7.46. The number of anilines is 1. The fourth-order valence-corrected chi connectivity index (χ4v) is 3.02. The minimum atomic E-state index is -0.843. The first-order chi connectivity index (χ1) is 10.6. The maximum atomic E-state index is 11.0. The fourth-order valence-electron chi connectivity index (χ4n) is 3.02. The quantitative estimate of drug-likeness (QED) is 0.893. The predicted molar refractivity (Wildman–Crippen MR) is 84.3 cm³/mol. The molecule has 2 aromatic rings. The largest absolute Gasteiger partial charge is 0.465 e. The van der Waals surface area contributed by atoms with Gasteiger partial charge in [-0.15, -0.1) is 0 Å². The number of nitrogens with two attached hydrogens (primary N) is 1. The van der Waals surface area contributed by atoms with Gasteiger partial charge in [0.05, 0.1) is 11.4 Å². The molecule has 6 nitrogen and oxygen atoms in total. The summed E-state index contributed by atoms with van der Waals surface area (Å²) in [6, 6.07) is 9.81. The van der Waals surface area contributed by atoms with Gasteiger partial charge in [-0.2, -0.15) is 5.10 Å². The highest BCUT2D eigenvalue weighted by molar-refractivity contribution is 5.65. The molecule has 1 fully saturated rings. The highest BCUT2D eigenvalue weighted by atomic mass is 16.4. The zero-order valence-electron chi connectivity index (χ0n) is 12.6. The molecule has 1 aliphatic rings. The van der Waals surface area contributed by atoms with Crippen LogP contribution in [-0.4, -0.2) is 39.0 Å². The highest BCUT2D eigenvalue weighted by Gasteiger charge is 2.27. The number of carbonyl (C=O) groups is 1. The van der Waals surface area contributed by atoms with Crippen molar-refractivity contribution in [2.45, 2.75) is 25.7 Å². The van der Waals surface area contributed by atoms with Gasteiger partial charge in [-0.25, -0.2) is 9.48 Å². The second-order valence-corrected chi connectivity index (χ2v) is 5.69. The number of aromatic nitrogens is 2. The Morgan fingerprint density at radius 3 is 2.50 bits per heavy atom. The van der Waals surface area contributed by atoms with Crippen molar-refractivity contribution in [3.8, 4) is 5.69 Å². The summed E-state index contributed by atoms with van der Waals surface area (Å²) < 4.78 is 1.77. The van der Waals surface area contributed by atoms with Gasteiger partial charge in [0, 0.05) is 24.6 Å². The van der Waals surface area contributed by atoms with Gasteiger partial charge in [0.25, 0.3) is 0 Å². The summed E-state index contributed by atoms with van der Waals surface area (Å²) in [5.74, 6) is 0.921. The number of carboxylic acid groups (broad SMARTS) is 1. The van der Waals surface area contributed by atoms with Crippen molar-refractivity contribution in [2.75, 3.05) is 18.8 Å². The summed E-state index contributed by atoms with van der Waals surface area (Å²) in [4.78, 5) is 12.5. The van der Waals surface area contributed by atoms with Gasteiger partial charge in [-0.3, -0.25) is 0 Å². The van der Waals surface area contributed by atoms with E-state index in [4.69, 9.17) is 15.9 Å². The Labute approximate surface area is 129 Å². The van der Waals surface area contributed by atoms with Gasteiger partial charge >= 0.3 is 6.09 Å². The van der Waals surface area contributed by atoms with Crippen LogP contribution in [0.4, 0.5) is 10.6 Å². The molecule has 116 valence electrons. The average Bonchev–Trinajstić information content (AvgIpc) is 2.84. The van der Waals surface area contributed by atoms with Crippen LogP contribution >= 0.6 is 0 Å². The van der Waals surface area contributed by atoms with Crippen LogP contribution in [0.2, 0.25) is 0 Å². The van der Waals surface area contributed by atoms with Gasteiger partial charge in [0.2, 0.25) is 0 Å². The van der Waals surface area contributed by atoms with Crippen LogP contribution in [-0.2, 0) is 0 Å². The molecule has 1 saturated heterocycles. The van der Waals surface area contributed by atoms with E-state index in [2.05, 4.69) is 0 Å². The van der Waals surface area contributed by atoms with E-state index in [1.54, 1.807) is 4.68 Å². The van der Waals surface area contributed by atoms with Gasteiger partial charge in [0.15, 0.2) is 0 Å². The molecule has 1 aromatic heterocycles. The lowest BCUT2D eigenvalue weighted by Crippen LogP contribution is -2.37. The number of hydrogen-bond acceptors (Lipinski definition) is 3. The van der Waals surface area contributed by atoms with Crippen molar-refractivity contribution in [1.82, 2.24) is 14.7 Å². The number of nitrogens with zero attached hydrogens (tertiary/aromatic N) is 3. The third kappa shape index (κ3) is 2.52. The second-order valence-electron chi connectivity index (χ2n) is 5.69. The summed E-state index contributed by atoms with van der Waals surface area (Å²) in [5, 5.41) is 13.7. The molecular formula is C16H20N4O2. The molecule has 3 N–H and O–H groups in total. The molecule has 2 heterocycles. The summed E-state index contributed by atoms with van der Waals surface area (Å²) in [6.45, 7) is 3.09. The monoisotopic (exact) mass is 300 g/mol. The third-order valence-electron chi connectivity index (χ3n) is 4.36. The molecule has 0 radical (unpaired) electrons. The normalized spacial score (nSPS) is 16.0. The minimum Gasteiger partial charge on any atom is -0.465 e. The van der Waals surface area contributed by atoms with E-state index in [1.165, 1.54) is 4.90 Å². The molecule has 1 aromatic carbocycles. The van der Waals surface area contributed by atoms with Crippen molar-refractivity contribution in [1.29, 1.82) is 0 Å². The number of amides is 1. The average molecular weight is 300 g/mol. The first-order valence-corrected chi connectivity index (χ1v) is 7.46. The van der Waals surface area contributed by atoms with Crippen LogP contribution < -0.4 is 5.73 Å². The van der Waals surface area contributed by atoms with Crippen LogP contribution in [0.15, 0.2) is 30.3 Å². The number of benzene rings is 1. The Hall–Kier alpha value is -2.50. The van der Waals surface area contributed by atoms with Crippen molar-refractivity contribution in [3.05, 3.63) is 41.6 Å². The molecular weight excluding hydrogens is 280 g/mol. The van der Waals surface area contributed by atoms with Crippen LogP contribution in [0.5, 0.6) is 0 Å². The van der Waals surface area contributed by atoms with E-state index in [-0.39, 0.29) is 5.92 Å². The lowest BCUT2D eigenvalue weighted by atomic mass is 9.92. The molecule has 0 spiro atoms. The molecule has 1 amide bonds. The number of rotatable bonds is 2. The van der Waals surface area contributed by atoms with E-state index >= 15 is 0 Å². The standard InChI is InChI=1S/C16H20N4O2/c1-11-14(12-7-9-19(10-8-12)16(21)22)18-20(15(11)17)13-5-3-2-4-6-13/h2-6,12H,7-10,17H2,1H3,(H,21,22). The van der Waals surface area contributed by atoms with E-state index in [0.717, 1.165) is 29.8 Å². The molecule has 0 atom stereocenters. The Kier molecular flexibility index (Phi) is 3.75. The van der Waals surface area contributed by atoms with Crippen LogP contribution in [0.1, 0.15) is 30.0 Å². The predicted octanol–water partition coefficient (Wildman–Crippen LogP) is 2.62. The fraction of sp³-hybridized carbons (Fsp3) is 0.375. The smallest absolute Gasteiger partial charge is 0.407 e. The lowest BCUT2D eigenvalue weighted by molar-refractivity contribution is 0.131. The number of nitrogen functional groups attached to an aromatic ring is 1. The SMILES string of the molecule is Cc1c(C2CCN(C(=O)O)CC2)nn(-c2ccccc2)c1N. The van der Waals surface area contributed by atoms with Gasteiger partial charge in [-0.1, -0.05) is 18.2 Å². The van der Waals surface area contributed by atoms with Crippen LogP contribution in [0, 0.1) is 6.92 Å².